The molecule has 6 nitrogen and oxygen atoms in total. The van der Waals surface area contributed by atoms with E-state index in [1.54, 1.807) is 14.2 Å². The number of nitrogens with zero attached hydrogens (tertiary/aromatic N) is 2. The SMILES string of the molecule is COc1ccc(OC)c([C@H]2CC(=O)Nc3c2cnn3C2CCCC2)c1. The van der Waals surface area contributed by atoms with Gasteiger partial charge in [0.2, 0.25) is 5.91 Å². The molecule has 25 heavy (non-hydrogen) atoms. The van der Waals surface area contributed by atoms with Gasteiger partial charge in [0.25, 0.3) is 0 Å². The minimum atomic E-state index is -0.0797. The number of anilines is 1. The summed E-state index contributed by atoms with van der Waals surface area (Å²) in [6.45, 7) is 0. The molecule has 1 N–H and O–H groups in total. The van der Waals surface area contributed by atoms with Crippen molar-refractivity contribution in [1.29, 1.82) is 0 Å². The van der Waals surface area contributed by atoms with Gasteiger partial charge in [-0.05, 0) is 31.0 Å². The fourth-order valence-corrected chi connectivity index (χ4v) is 4.05. The molecule has 1 saturated carbocycles. The topological polar surface area (TPSA) is 65.4 Å². The number of methoxy groups -OCH3 is 2. The summed E-state index contributed by atoms with van der Waals surface area (Å²) in [5.41, 5.74) is 2.02. The highest BCUT2D eigenvalue weighted by molar-refractivity contribution is 5.94. The van der Waals surface area contributed by atoms with E-state index in [1.807, 2.05) is 29.1 Å². The van der Waals surface area contributed by atoms with Crippen LogP contribution in [0.25, 0.3) is 0 Å². The van der Waals surface area contributed by atoms with Gasteiger partial charge in [0.05, 0.1) is 26.5 Å². The van der Waals surface area contributed by atoms with Gasteiger partial charge in [0.15, 0.2) is 0 Å². The zero-order valence-electron chi connectivity index (χ0n) is 14.6. The van der Waals surface area contributed by atoms with Crippen LogP contribution >= 0.6 is 0 Å². The second-order valence-corrected chi connectivity index (χ2v) is 6.74. The van der Waals surface area contributed by atoms with Gasteiger partial charge in [-0.3, -0.25) is 4.79 Å². The first-order valence-electron chi connectivity index (χ1n) is 8.80. The van der Waals surface area contributed by atoms with E-state index in [-0.39, 0.29) is 11.8 Å². The third-order valence-corrected chi connectivity index (χ3v) is 5.33. The smallest absolute Gasteiger partial charge is 0.226 e. The van der Waals surface area contributed by atoms with Crippen LogP contribution in [-0.2, 0) is 4.79 Å². The highest BCUT2D eigenvalue weighted by Gasteiger charge is 2.34. The molecule has 132 valence electrons. The van der Waals surface area contributed by atoms with Crippen LogP contribution in [0.4, 0.5) is 5.82 Å². The molecule has 1 fully saturated rings. The van der Waals surface area contributed by atoms with Crippen molar-refractivity contribution < 1.29 is 14.3 Å². The van der Waals surface area contributed by atoms with Gasteiger partial charge in [0.1, 0.15) is 17.3 Å². The number of ether oxygens (including phenoxy) is 2. The summed E-state index contributed by atoms with van der Waals surface area (Å²) in [6, 6.07) is 6.10. The van der Waals surface area contributed by atoms with Crippen LogP contribution in [0.3, 0.4) is 0 Å². The Morgan fingerprint density at radius 3 is 2.68 bits per heavy atom. The van der Waals surface area contributed by atoms with E-state index in [1.165, 1.54) is 12.8 Å². The van der Waals surface area contributed by atoms with Crippen LogP contribution in [0.1, 0.15) is 55.2 Å². The quantitative estimate of drug-likeness (QED) is 0.924. The van der Waals surface area contributed by atoms with Gasteiger partial charge in [-0.2, -0.15) is 5.10 Å². The monoisotopic (exact) mass is 341 g/mol. The molecule has 1 aromatic carbocycles. The van der Waals surface area contributed by atoms with E-state index >= 15 is 0 Å². The third kappa shape index (κ3) is 2.75. The van der Waals surface area contributed by atoms with E-state index in [0.717, 1.165) is 41.3 Å². The average Bonchev–Trinajstić information content (AvgIpc) is 3.29. The lowest BCUT2D eigenvalue weighted by Gasteiger charge is -2.26. The van der Waals surface area contributed by atoms with Crippen molar-refractivity contribution in [2.75, 3.05) is 19.5 Å². The van der Waals surface area contributed by atoms with Crippen molar-refractivity contribution >= 4 is 11.7 Å². The Kier molecular flexibility index (Phi) is 4.11. The molecule has 1 aliphatic heterocycles. The molecule has 6 heteroatoms. The fraction of sp³-hybridized carbons (Fsp3) is 0.474. The first-order chi connectivity index (χ1) is 12.2. The number of carbonyl (C=O) groups is 1. The normalized spacial score (nSPS) is 20.2. The summed E-state index contributed by atoms with van der Waals surface area (Å²) < 4.78 is 12.9. The second-order valence-electron chi connectivity index (χ2n) is 6.74. The van der Waals surface area contributed by atoms with E-state index < -0.39 is 0 Å². The molecule has 1 aromatic heterocycles. The van der Waals surface area contributed by atoms with Crippen molar-refractivity contribution in [3.63, 3.8) is 0 Å². The molecule has 4 rings (SSSR count). The van der Waals surface area contributed by atoms with Crippen LogP contribution in [-0.4, -0.2) is 29.9 Å². The molecule has 1 atom stereocenters. The standard InChI is InChI=1S/C19H23N3O3/c1-24-13-7-8-17(25-2)15(9-13)14-10-18(23)21-19-16(14)11-20-22(19)12-5-3-4-6-12/h7-9,11-12,14H,3-6,10H2,1-2H3,(H,21,23)/t14-/m1/s1. The van der Waals surface area contributed by atoms with Crippen molar-refractivity contribution in [3.05, 3.63) is 35.5 Å². The van der Waals surface area contributed by atoms with Crippen molar-refractivity contribution in [2.45, 2.75) is 44.1 Å². The zero-order chi connectivity index (χ0) is 17.4. The third-order valence-electron chi connectivity index (χ3n) is 5.33. The average molecular weight is 341 g/mol. The molecule has 0 saturated heterocycles. The highest BCUT2D eigenvalue weighted by atomic mass is 16.5. The predicted molar refractivity (Wildman–Crippen MR) is 94.4 cm³/mol. The predicted octanol–water partition coefficient (Wildman–Crippen LogP) is 3.49. The van der Waals surface area contributed by atoms with Gasteiger partial charge in [-0.25, -0.2) is 4.68 Å². The molecule has 1 amide bonds. The Labute approximate surface area is 147 Å². The maximum atomic E-state index is 12.4. The summed E-state index contributed by atoms with van der Waals surface area (Å²) in [6.07, 6.45) is 6.97. The van der Waals surface area contributed by atoms with Gasteiger partial charge in [0, 0.05) is 23.5 Å². The zero-order valence-corrected chi connectivity index (χ0v) is 14.6. The van der Waals surface area contributed by atoms with Crippen LogP contribution in [0.15, 0.2) is 24.4 Å². The molecule has 2 aliphatic rings. The maximum Gasteiger partial charge on any atom is 0.226 e. The molecular formula is C19H23N3O3. The molecule has 0 spiro atoms. The Bertz CT molecular complexity index is 793. The molecule has 0 radical (unpaired) electrons. The van der Waals surface area contributed by atoms with Crippen molar-refractivity contribution in [1.82, 2.24) is 9.78 Å². The van der Waals surface area contributed by atoms with Gasteiger partial charge in [-0.15, -0.1) is 0 Å². The van der Waals surface area contributed by atoms with E-state index in [2.05, 4.69) is 10.4 Å². The Hall–Kier alpha value is -2.50. The Morgan fingerprint density at radius 2 is 1.96 bits per heavy atom. The Balaban J connectivity index is 1.79. The number of benzene rings is 1. The van der Waals surface area contributed by atoms with E-state index in [9.17, 15) is 4.79 Å². The first kappa shape index (κ1) is 16.0. The number of hydrogen-bond acceptors (Lipinski definition) is 4. The minimum Gasteiger partial charge on any atom is -0.497 e. The molecule has 2 aromatic rings. The van der Waals surface area contributed by atoms with Crippen LogP contribution in [0.2, 0.25) is 0 Å². The molecular weight excluding hydrogens is 318 g/mol. The van der Waals surface area contributed by atoms with Crippen LogP contribution in [0.5, 0.6) is 11.5 Å². The lowest BCUT2D eigenvalue weighted by atomic mass is 9.86. The van der Waals surface area contributed by atoms with Crippen molar-refractivity contribution in [3.8, 4) is 11.5 Å². The number of amides is 1. The number of fused-ring (bicyclic) bond motifs is 1. The number of carbonyl (C=O) groups excluding carboxylic acids is 1. The van der Waals surface area contributed by atoms with Gasteiger partial charge < -0.3 is 14.8 Å². The van der Waals surface area contributed by atoms with Crippen molar-refractivity contribution in [2.24, 2.45) is 0 Å². The summed E-state index contributed by atoms with van der Waals surface area (Å²) in [5, 5.41) is 7.66. The highest BCUT2D eigenvalue weighted by Crippen LogP contribution is 2.43. The summed E-state index contributed by atoms with van der Waals surface area (Å²) in [4.78, 5) is 12.4. The number of rotatable bonds is 4. The maximum absolute atomic E-state index is 12.4. The number of hydrogen-bond donors (Lipinski definition) is 1. The molecule has 2 heterocycles. The largest absolute Gasteiger partial charge is 0.497 e. The van der Waals surface area contributed by atoms with Gasteiger partial charge >= 0.3 is 0 Å². The molecule has 0 bridgehead atoms. The lowest BCUT2D eigenvalue weighted by Crippen LogP contribution is -2.26. The second kappa shape index (κ2) is 6.43. The lowest BCUT2D eigenvalue weighted by molar-refractivity contribution is -0.116. The minimum absolute atomic E-state index is 0.0159. The molecule has 1 aliphatic carbocycles. The summed E-state index contributed by atoms with van der Waals surface area (Å²) in [5.74, 6) is 2.30. The fourth-order valence-electron chi connectivity index (χ4n) is 4.05. The van der Waals surface area contributed by atoms with Gasteiger partial charge in [-0.1, -0.05) is 12.8 Å². The summed E-state index contributed by atoms with van der Waals surface area (Å²) >= 11 is 0. The van der Waals surface area contributed by atoms with E-state index in [4.69, 9.17) is 9.47 Å². The van der Waals surface area contributed by atoms with Crippen LogP contribution < -0.4 is 14.8 Å². The number of aromatic nitrogens is 2. The van der Waals surface area contributed by atoms with Crippen LogP contribution in [0, 0.1) is 0 Å². The number of nitrogens with one attached hydrogen (secondary N) is 1. The summed E-state index contributed by atoms with van der Waals surface area (Å²) in [7, 11) is 3.29. The first-order valence-corrected chi connectivity index (χ1v) is 8.80. The molecule has 0 unspecified atom stereocenters. The van der Waals surface area contributed by atoms with E-state index in [0.29, 0.717) is 12.5 Å². The Morgan fingerprint density at radius 1 is 1.16 bits per heavy atom.